The number of halogens is 1. The van der Waals surface area contributed by atoms with E-state index in [1.165, 1.54) is 0 Å². The summed E-state index contributed by atoms with van der Waals surface area (Å²) in [6, 6.07) is 5.80. The maximum atomic E-state index is 4.13. The zero-order chi connectivity index (χ0) is 12.8. The third-order valence-electron chi connectivity index (χ3n) is 2.44. The van der Waals surface area contributed by atoms with Gasteiger partial charge in [-0.1, -0.05) is 12.1 Å². The second-order valence-electron chi connectivity index (χ2n) is 3.64. The van der Waals surface area contributed by atoms with Gasteiger partial charge in [-0.15, -0.1) is 40.8 Å². The number of guanidine groups is 1. The number of hydrogen-bond donors (Lipinski definition) is 2. The normalized spacial score (nSPS) is 10.9. The molecule has 2 heterocycles. The molecule has 0 radical (unpaired) electrons. The minimum atomic E-state index is 0. The molecule has 2 aromatic rings. The van der Waals surface area contributed by atoms with E-state index in [4.69, 9.17) is 0 Å². The van der Waals surface area contributed by atoms with Crippen LogP contribution in [-0.4, -0.2) is 34.2 Å². The molecule has 0 saturated heterocycles. The van der Waals surface area contributed by atoms with E-state index >= 15 is 0 Å². The molecule has 0 aliphatic heterocycles. The van der Waals surface area contributed by atoms with Crippen molar-refractivity contribution in [1.29, 1.82) is 0 Å². The second kappa shape index (κ2) is 7.72. The quantitative estimate of drug-likeness (QED) is 0.366. The van der Waals surface area contributed by atoms with Gasteiger partial charge in [0.15, 0.2) is 17.4 Å². The Hall–Kier alpha value is -1.64. The van der Waals surface area contributed by atoms with Crippen LogP contribution in [0, 0.1) is 0 Å². The number of fused-ring (bicyclic) bond motifs is 1. The van der Waals surface area contributed by atoms with Crippen molar-refractivity contribution in [2.75, 3.05) is 13.6 Å². The van der Waals surface area contributed by atoms with Crippen LogP contribution in [0.4, 0.5) is 0 Å². The van der Waals surface area contributed by atoms with Gasteiger partial charge in [0.1, 0.15) is 0 Å². The van der Waals surface area contributed by atoms with Crippen LogP contribution in [0.15, 0.2) is 42.0 Å². The number of nitrogens with zero attached hydrogens (tertiary/aromatic N) is 4. The van der Waals surface area contributed by atoms with E-state index in [0.29, 0.717) is 19.0 Å². The first-order valence-electron chi connectivity index (χ1n) is 5.69. The highest BCUT2D eigenvalue weighted by molar-refractivity contribution is 14.0. The number of rotatable bonds is 4. The van der Waals surface area contributed by atoms with E-state index in [1.54, 1.807) is 13.1 Å². The maximum Gasteiger partial charge on any atom is 0.191 e. The third-order valence-corrected chi connectivity index (χ3v) is 2.44. The van der Waals surface area contributed by atoms with Gasteiger partial charge in [0, 0.05) is 19.8 Å². The minimum Gasteiger partial charge on any atom is -0.353 e. The fourth-order valence-electron chi connectivity index (χ4n) is 1.56. The molecule has 0 atom stereocenters. The van der Waals surface area contributed by atoms with Crippen molar-refractivity contribution in [2.24, 2.45) is 4.99 Å². The largest absolute Gasteiger partial charge is 0.353 e. The summed E-state index contributed by atoms with van der Waals surface area (Å²) in [5.41, 5.74) is 0.836. The SMILES string of the molecule is C=CCNC(=NC)NCc1nnc2ccccn12.I. The molecule has 6 nitrogen and oxygen atoms in total. The van der Waals surface area contributed by atoms with E-state index in [2.05, 4.69) is 32.4 Å². The zero-order valence-electron chi connectivity index (χ0n) is 10.7. The molecular weight excluding hydrogens is 355 g/mol. The molecule has 2 N–H and O–H groups in total. The van der Waals surface area contributed by atoms with E-state index < -0.39 is 0 Å². The first-order valence-corrected chi connectivity index (χ1v) is 5.69. The Morgan fingerprint density at radius 3 is 3.00 bits per heavy atom. The summed E-state index contributed by atoms with van der Waals surface area (Å²) >= 11 is 0. The van der Waals surface area contributed by atoms with E-state index in [-0.39, 0.29) is 24.0 Å². The van der Waals surface area contributed by atoms with Crippen molar-refractivity contribution in [2.45, 2.75) is 6.54 Å². The minimum absolute atomic E-state index is 0. The molecule has 2 rings (SSSR count). The molecule has 19 heavy (non-hydrogen) atoms. The lowest BCUT2D eigenvalue weighted by Crippen LogP contribution is -2.37. The van der Waals surface area contributed by atoms with Crippen LogP contribution in [0.3, 0.4) is 0 Å². The summed E-state index contributed by atoms with van der Waals surface area (Å²) in [5, 5.41) is 14.5. The maximum absolute atomic E-state index is 4.13. The van der Waals surface area contributed by atoms with Gasteiger partial charge < -0.3 is 10.6 Å². The average molecular weight is 372 g/mol. The topological polar surface area (TPSA) is 66.6 Å². The molecule has 0 bridgehead atoms. The number of nitrogens with one attached hydrogen (secondary N) is 2. The van der Waals surface area contributed by atoms with Crippen LogP contribution in [0.25, 0.3) is 5.65 Å². The Morgan fingerprint density at radius 1 is 1.42 bits per heavy atom. The van der Waals surface area contributed by atoms with Crippen molar-refractivity contribution in [3.05, 3.63) is 42.9 Å². The van der Waals surface area contributed by atoms with E-state index in [9.17, 15) is 0 Å². The average Bonchev–Trinajstić information content (AvgIpc) is 2.82. The van der Waals surface area contributed by atoms with Crippen molar-refractivity contribution >= 4 is 35.6 Å². The van der Waals surface area contributed by atoms with Gasteiger partial charge in [-0.2, -0.15) is 0 Å². The lowest BCUT2D eigenvalue weighted by atomic mass is 10.4. The van der Waals surface area contributed by atoms with Crippen LogP contribution in [0.2, 0.25) is 0 Å². The summed E-state index contributed by atoms with van der Waals surface area (Å²) < 4.78 is 1.94. The van der Waals surface area contributed by atoms with Crippen LogP contribution in [0.1, 0.15) is 5.82 Å². The van der Waals surface area contributed by atoms with Gasteiger partial charge in [0.25, 0.3) is 0 Å². The Balaban J connectivity index is 0.00000180. The fraction of sp³-hybridized carbons (Fsp3) is 0.250. The second-order valence-corrected chi connectivity index (χ2v) is 3.64. The molecule has 0 fully saturated rings. The standard InChI is InChI=1S/C12H16N6.HI/c1-3-7-14-12(13-2)15-9-11-17-16-10-6-4-5-8-18(10)11;/h3-6,8H,1,7,9H2,2H3,(H2,13,14,15);1H. The summed E-state index contributed by atoms with van der Waals surface area (Å²) in [6.45, 7) is 4.87. The van der Waals surface area contributed by atoms with Crippen molar-refractivity contribution in [3.63, 3.8) is 0 Å². The fourth-order valence-corrected chi connectivity index (χ4v) is 1.56. The van der Waals surface area contributed by atoms with Crippen LogP contribution < -0.4 is 10.6 Å². The predicted molar refractivity (Wildman–Crippen MR) is 86.8 cm³/mol. The summed E-state index contributed by atoms with van der Waals surface area (Å²) in [4.78, 5) is 4.09. The van der Waals surface area contributed by atoms with Gasteiger partial charge in [-0.05, 0) is 12.1 Å². The molecule has 102 valence electrons. The smallest absolute Gasteiger partial charge is 0.191 e. The summed E-state index contributed by atoms with van der Waals surface area (Å²) in [5.74, 6) is 1.55. The summed E-state index contributed by atoms with van der Waals surface area (Å²) in [7, 11) is 1.72. The Bertz CT molecular complexity index is 562. The molecule has 0 aromatic carbocycles. The highest BCUT2D eigenvalue weighted by atomic mass is 127. The van der Waals surface area contributed by atoms with E-state index in [0.717, 1.165) is 11.5 Å². The number of hydrogen-bond acceptors (Lipinski definition) is 3. The highest BCUT2D eigenvalue weighted by Gasteiger charge is 2.04. The van der Waals surface area contributed by atoms with Crippen LogP contribution in [0.5, 0.6) is 0 Å². The first kappa shape index (κ1) is 15.4. The van der Waals surface area contributed by atoms with Crippen LogP contribution >= 0.6 is 24.0 Å². The van der Waals surface area contributed by atoms with Gasteiger partial charge in [0.2, 0.25) is 0 Å². The lowest BCUT2D eigenvalue weighted by molar-refractivity contribution is 0.779. The van der Waals surface area contributed by atoms with Gasteiger partial charge in [0.05, 0.1) is 6.54 Å². The van der Waals surface area contributed by atoms with Crippen molar-refractivity contribution < 1.29 is 0 Å². The zero-order valence-corrected chi connectivity index (χ0v) is 13.0. The molecule has 0 amide bonds. The number of aliphatic imine (C=N–C) groups is 1. The third kappa shape index (κ3) is 3.91. The van der Waals surface area contributed by atoms with Crippen LogP contribution in [-0.2, 0) is 6.54 Å². The highest BCUT2D eigenvalue weighted by Crippen LogP contribution is 2.01. The molecule has 0 unspecified atom stereocenters. The molecule has 2 aromatic heterocycles. The lowest BCUT2D eigenvalue weighted by Gasteiger charge is -2.09. The van der Waals surface area contributed by atoms with Crippen molar-refractivity contribution in [1.82, 2.24) is 25.2 Å². The van der Waals surface area contributed by atoms with Crippen molar-refractivity contribution in [3.8, 4) is 0 Å². The molecule has 0 aliphatic carbocycles. The van der Waals surface area contributed by atoms with Gasteiger partial charge in [-0.3, -0.25) is 9.39 Å². The van der Waals surface area contributed by atoms with Gasteiger partial charge >= 0.3 is 0 Å². The Morgan fingerprint density at radius 2 is 2.26 bits per heavy atom. The predicted octanol–water partition coefficient (Wildman–Crippen LogP) is 1.20. The number of aromatic nitrogens is 3. The number of pyridine rings is 1. The monoisotopic (exact) mass is 372 g/mol. The molecular formula is C12H17IN6. The molecule has 0 spiro atoms. The Labute approximate surface area is 129 Å². The molecule has 0 aliphatic rings. The summed E-state index contributed by atoms with van der Waals surface area (Å²) in [6.07, 6.45) is 3.71. The first-order chi connectivity index (χ1) is 8.85. The van der Waals surface area contributed by atoms with Gasteiger partial charge in [-0.25, -0.2) is 0 Å². The molecule has 7 heteroatoms. The molecule has 0 saturated carbocycles. The van der Waals surface area contributed by atoms with E-state index in [1.807, 2.05) is 28.8 Å². The Kier molecular flexibility index (Phi) is 6.26.